The van der Waals surface area contributed by atoms with Gasteiger partial charge in [-0.05, 0) is 41.3 Å². The van der Waals surface area contributed by atoms with Gasteiger partial charge < -0.3 is 0 Å². The van der Waals surface area contributed by atoms with Gasteiger partial charge in [0.05, 0.1) is 15.9 Å². The Morgan fingerprint density at radius 3 is 2.23 bits per heavy atom. The van der Waals surface area contributed by atoms with Gasteiger partial charge in [-0.25, -0.2) is 12.8 Å². The first-order valence-electron chi connectivity index (χ1n) is 7.42. The molecule has 6 nitrogen and oxygen atoms in total. The number of nitro groups is 1. The van der Waals surface area contributed by atoms with Crippen molar-refractivity contribution in [3.63, 3.8) is 0 Å². The van der Waals surface area contributed by atoms with Crippen LogP contribution in [0.4, 0.5) is 10.1 Å². The van der Waals surface area contributed by atoms with E-state index in [9.17, 15) is 22.9 Å². The van der Waals surface area contributed by atoms with E-state index >= 15 is 0 Å². The predicted octanol–water partition coefficient (Wildman–Crippen LogP) is 3.86. The molecule has 26 heavy (non-hydrogen) atoms. The number of halogens is 1. The van der Waals surface area contributed by atoms with Crippen molar-refractivity contribution >= 4 is 27.0 Å². The fraction of sp³-hybridized carbons (Fsp3) is 0.0588. The summed E-state index contributed by atoms with van der Waals surface area (Å²) in [7, 11) is -3.95. The lowest BCUT2D eigenvalue weighted by Crippen LogP contribution is -2.29. The molecular formula is C17H13FN2O4S2. The van der Waals surface area contributed by atoms with Crippen molar-refractivity contribution in [2.45, 2.75) is 10.9 Å². The summed E-state index contributed by atoms with van der Waals surface area (Å²) in [5, 5.41) is 12.5. The van der Waals surface area contributed by atoms with Crippen LogP contribution in [0.15, 0.2) is 70.9 Å². The van der Waals surface area contributed by atoms with Crippen LogP contribution in [0.1, 0.15) is 16.5 Å². The van der Waals surface area contributed by atoms with Crippen LogP contribution >= 0.6 is 11.3 Å². The minimum atomic E-state index is -3.95. The topological polar surface area (TPSA) is 89.3 Å². The molecular weight excluding hydrogens is 379 g/mol. The Hall–Kier alpha value is -2.62. The minimum Gasteiger partial charge on any atom is -0.258 e. The Morgan fingerprint density at radius 2 is 1.69 bits per heavy atom. The van der Waals surface area contributed by atoms with Gasteiger partial charge in [0.2, 0.25) is 10.0 Å². The summed E-state index contributed by atoms with van der Waals surface area (Å²) in [5.41, 5.74) is 0.386. The second kappa shape index (κ2) is 7.32. The summed E-state index contributed by atoms with van der Waals surface area (Å²) < 4.78 is 41.2. The second-order valence-corrected chi connectivity index (χ2v) is 8.07. The zero-order valence-corrected chi connectivity index (χ0v) is 14.8. The van der Waals surface area contributed by atoms with Crippen molar-refractivity contribution in [2.24, 2.45) is 0 Å². The maximum Gasteiger partial charge on any atom is 0.269 e. The molecule has 1 atom stereocenters. The Balaban J connectivity index is 1.95. The lowest BCUT2D eigenvalue weighted by molar-refractivity contribution is -0.384. The normalized spacial score (nSPS) is 12.7. The van der Waals surface area contributed by atoms with Crippen molar-refractivity contribution in [1.29, 1.82) is 0 Å². The van der Waals surface area contributed by atoms with E-state index in [0.29, 0.717) is 5.56 Å². The number of nitro benzene ring substituents is 1. The van der Waals surface area contributed by atoms with E-state index in [1.54, 1.807) is 12.1 Å². The van der Waals surface area contributed by atoms with Crippen molar-refractivity contribution in [3.8, 4) is 0 Å². The summed E-state index contributed by atoms with van der Waals surface area (Å²) in [6, 6.07) is 13.0. The van der Waals surface area contributed by atoms with Gasteiger partial charge in [0.15, 0.2) is 0 Å². The number of nitrogens with one attached hydrogen (secondary N) is 1. The summed E-state index contributed by atoms with van der Waals surface area (Å²) in [4.78, 5) is 10.8. The molecule has 3 rings (SSSR count). The third-order valence-corrected chi connectivity index (χ3v) is 6.04. The average Bonchev–Trinajstić information content (AvgIpc) is 3.15. The van der Waals surface area contributed by atoms with Crippen LogP contribution in [0.25, 0.3) is 0 Å². The lowest BCUT2D eigenvalue weighted by Gasteiger charge is -2.18. The molecule has 0 aliphatic carbocycles. The molecule has 0 saturated heterocycles. The number of nitrogens with zero attached hydrogens (tertiary/aromatic N) is 1. The molecule has 1 heterocycles. The molecule has 9 heteroatoms. The molecule has 0 unspecified atom stereocenters. The van der Waals surface area contributed by atoms with E-state index in [2.05, 4.69) is 4.72 Å². The molecule has 0 radical (unpaired) electrons. The third kappa shape index (κ3) is 3.96. The van der Waals surface area contributed by atoms with Gasteiger partial charge in [-0.3, -0.25) is 10.1 Å². The smallest absolute Gasteiger partial charge is 0.258 e. The van der Waals surface area contributed by atoms with Crippen LogP contribution in [0.2, 0.25) is 0 Å². The van der Waals surface area contributed by atoms with Gasteiger partial charge in [-0.1, -0.05) is 18.2 Å². The van der Waals surface area contributed by atoms with Crippen LogP contribution in [0, 0.1) is 15.9 Å². The number of sulfonamides is 1. The number of non-ortho nitro benzene ring substituents is 1. The molecule has 0 amide bonds. The van der Waals surface area contributed by atoms with Gasteiger partial charge in [0.25, 0.3) is 5.69 Å². The number of hydrogen-bond acceptors (Lipinski definition) is 5. The van der Waals surface area contributed by atoms with E-state index < -0.39 is 26.8 Å². The Bertz CT molecular complexity index is 1000. The molecule has 1 aromatic heterocycles. The summed E-state index contributed by atoms with van der Waals surface area (Å²) >= 11 is 1.36. The van der Waals surface area contributed by atoms with Crippen LogP contribution in [0.3, 0.4) is 0 Å². The Kier molecular flexibility index (Phi) is 5.12. The molecule has 2 aromatic carbocycles. The highest BCUT2D eigenvalue weighted by molar-refractivity contribution is 7.89. The van der Waals surface area contributed by atoms with Crippen LogP contribution < -0.4 is 4.72 Å². The van der Waals surface area contributed by atoms with Crippen molar-refractivity contribution in [1.82, 2.24) is 4.72 Å². The third-order valence-electron chi connectivity index (χ3n) is 3.66. The number of rotatable bonds is 6. The first-order chi connectivity index (χ1) is 12.4. The van der Waals surface area contributed by atoms with Crippen molar-refractivity contribution in [2.75, 3.05) is 0 Å². The fourth-order valence-electron chi connectivity index (χ4n) is 2.37. The number of thiophene rings is 1. The molecule has 134 valence electrons. The van der Waals surface area contributed by atoms with Crippen LogP contribution in [-0.2, 0) is 10.0 Å². The van der Waals surface area contributed by atoms with E-state index in [1.807, 2.05) is 5.38 Å². The predicted molar refractivity (Wildman–Crippen MR) is 96.0 cm³/mol. The number of hydrogen-bond donors (Lipinski definition) is 1. The van der Waals surface area contributed by atoms with Crippen LogP contribution in [0.5, 0.6) is 0 Å². The van der Waals surface area contributed by atoms with Crippen molar-refractivity contribution in [3.05, 3.63) is 92.4 Å². The standard InChI is InChI=1S/C17H13FN2O4S2/c18-13-5-3-12(4-6-13)17(16-2-1-11-25-16)19-26(23,24)15-9-7-14(8-10-15)20(21)22/h1-11,17,19H/t17-/m0/s1. The van der Waals surface area contributed by atoms with Gasteiger partial charge >= 0.3 is 0 Å². The summed E-state index contributed by atoms with van der Waals surface area (Å²) in [6.07, 6.45) is 0. The van der Waals surface area contributed by atoms with E-state index in [-0.39, 0.29) is 10.6 Å². The molecule has 0 fully saturated rings. The fourth-order valence-corrected chi connectivity index (χ4v) is 4.45. The molecule has 0 saturated carbocycles. The van der Waals surface area contributed by atoms with E-state index in [1.165, 1.54) is 47.7 Å². The second-order valence-electron chi connectivity index (χ2n) is 5.37. The van der Waals surface area contributed by atoms with Gasteiger partial charge in [-0.2, -0.15) is 4.72 Å². The minimum absolute atomic E-state index is 0.0910. The van der Waals surface area contributed by atoms with Crippen LogP contribution in [-0.4, -0.2) is 13.3 Å². The quantitative estimate of drug-likeness (QED) is 0.509. The molecule has 0 bridgehead atoms. The molecule has 0 aliphatic rings. The van der Waals surface area contributed by atoms with Gasteiger partial charge in [0.1, 0.15) is 5.82 Å². The first kappa shape index (κ1) is 18.2. The maximum atomic E-state index is 13.2. The molecule has 1 N–H and O–H groups in total. The van der Waals surface area contributed by atoms with Crippen molar-refractivity contribution < 1.29 is 17.7 Å². The first-order valence-corrected chi connectivity index (χ1v) is 9.79. The molecule has 3 aromatic rings. The lowest BCUT2D eigenvalue weighted by atomic mass is 10.1. The Labute approximate surface area is 153 Å². The summed E-state index contributed by atoms with van der Waals surface area (Å²) in [6.45, 7) is 0. The Morgan fingerprint density at radius 1 is 1.04 bits per heavy atom. The van der Waals surface area contributed by atoms with E-state index in [4.69, 9.17) is 0 Å². The monoisotopic (exact) mass is 392 g/mol. The SMILES string of the molecule is O=[N+]([O-])c1ccc(S(=O)(=O)N[C@@H](c2ccc(F)cc2)c2cccs2)cc1. The average molecular weight is 392 g/mol. The summed E-state index contributed by atoms with van der Waals surface area (Å²) in [5.74, 6) is -0.420. The highest BCUT2D eigenvalue weighted by Crippen LogP contribution is 2.28. The number of benzene rings is 2. The largest absolute Gasteiger partial charge is 0.269 e. The maximum absolute atomic E-state index is 13.2. The highest BCUT2D eigenvalue weighted by atomic mass is 32.2. The molecule has 0 aliphatic heterocycles. The highest BCUT2D eigenvalue weighted by Gasteiger charge is 2.24. The zero-order chi connectivity index (χ0) is 18.7. The molecule has 0 spiro atoms. The van der Waals surface area contributed by atoms with E-state index in [0.717, 1.165) is 17.0 Å². The zero-order valence-electron chi connectivity index (χ0n) is 13.2. The van der Waals surface area contributed by atoms with Gasteiger partial charge in [-0.15, -0.1) is 11.3 Å². The van der Waals surface area contributed by atoms with Gasteiger partial charge in [0, 0.05) is 17.0 Å².